The van der Waals surface area contributed by atoms with Gasteiger partial charge in [-0.05, 0) is 44.7 Å². The molecule has 1 heterocycles. The summed E-state index contributed by atoms with van der Waals surface area (Å²) in [6.07, 6.45) is 6.60. The number of nitrogens with one attached hydrogen (secondary N) is 1. The maximum atomic E-state index is 5.84. The minimum atomic E-state index is 0.694. The third-order valence-electron chi connectivity index (χ3n) is 3.88. The lowest BCUT2D eigenvalue weighted by molar-refractivity contribution is 0.0881. The molecule has 3 heteroatoms. The van der Waals surface area contributed by atoms with Gasteiger partial charge in [0, 0.05) is 12.2 Å². The molecular formula is C16H27NO2. The van der Waals surface area contributed by atoms with E-state index in [2.05, 4.69) is 18.3 Å². The summed E-state index contributed by atoms with van der Waals surface area (Å²) in [5.74, 6) is 2.81. The summed E-state index contributed by atoms with van der Waals surface area (Å²) in [5, 5.41) is 3.36. The van der Waals surface area contributed by atoms with Crippen LogP contribution in [0.2, 0.25) is 0 Å². The average Bonchev–Trinajstić information content (AvgIpc) is 3.01. The molecule has 0 aromatic carbocycles. The molecule has 0 bridgehead atoms. The van der Waals surface area contributed by atoms with E-state index in [9.17, 15) is 0 Å². The van der Waals surface area contributed by atoms with E-state index in [1.165, 1.54) is 31.2 Å². The first-order valence-corrected chi connectivity index (χ1v) is 7.66. The molecule has 0 atom stereocenters. The highest BCUT2D eigenvalue weighted by Gasteiger charge is 2.15. The van der Waals surface area contributed by atoms with Crippen molar-refractivity contribution < 1.29 is 9.15 Å². The van der Waals surface area contributed by atoms with Crippen molar-refractivity contribution in [3.63, 3.8) is 0 Å². The van der Waals surface area contributed by atoms with Crippen molar-refractivity contribution in [2.24, 2.45) is 5.92 Å². The number of rotatable bonds is 8. The van der Waals surface area contributed by atoms with E-state index < -0.39 is 0 Å². The van der Waals surface area contributed by atoms with E-state index in [0.717, 1.165) is 43.6 Å². The van der Waals surface area contributed by atoms with E-state index >= 15 is 0 Å². The van der Waals surface area contributed by atoms with Gasteiger partial charge >= 0.3 is 0 Å². The Morgan fingerprint density at radius 2 is 2.16 bits per heavy atom. The minimum Gasteiger partial charge on any atom is -0.465 e. The number of hydrogen-bond donors (Lipinski definition) is 1. The molecule has 1 aliphatic carbocycles. The quantitative estimate of drug-likeness (QED) is 0.726. The molecule has 0 radical (unpaired) electrons. The second-order valence-corrected chi connectivity index (χ2v) is 5.64. The Morgan fingerprint density at radius 3 is 2.89 bits per heavy atom. The van der Waals surface area contributed by atoms with E-state index in [0.29, 0.717) is 6.61 Å². The SMILES string of the molecule is CCCNCc1cc(COCC2CCCC2)c(C)o1. The summed E-state index contributed by atoms with van der Waals surface area (Å²) < 4.78 is 11.6. The van der Waals surface area contributed by atoms with Crippen molar-refractivity contribution in [1.82, 2.24) is 5.32 Å². The zero-order valence-electron chi connectivity index (χ0n) is 12.3. The Kier molecular flexibility index (Phi) is 5.93. The largest absolute Gasteiger partial charge is 0.465 e. The molecular weight excluding hydrogens is 238 g/mol. The van der Waals surface area contributed by atoms with Crippen LogP contribution >= 0.6 is 0 Å². The molecule has 19 heavy (non-hydrogen) atoms. The van der Waals surface area contributed by atoms with Crippen LogP contribution in [0, 0.1) is 12.8 Å². The van der Waals surface area contributed by atoms with Crippen LogP contribution in [-0.4, -0.2) is 13.2 Å². The van der Waals surface area contributed by atoms with Gasteiger partial charge in [0.1, 0.15) is 11.5 Å². The van der Waals surface area contributed by atoms with Crippen molar-refractivity contribution in [1.29, 1.82) is 0 Å². The first kappa shape index (κ1) is 14.6. The summed E-state index contributed by atoms with van der Waals surface area (Å²) in [6, 6.07) is 2.13. The van der Waals surface area contributed by atoms with Crippen LogP contribution in [0.5, 0.6) is 0 Å². The highest BCUT2D eigenvalue weighted by molar-refractivity contribution is 5.19. The standard InChI is InChI=1S/C16H27NO2/c1-3-8-17-10-16-9-15(13(2)19-16)12-18-11-14-6-4-5-7-14/h9,14,17H,3-8,10-12H2,1-2H3. The molecule has 2 rings (SSSR count). The van der Waals surface area contributed by atoms with Gasteiger partial charge in [-0.1, -0.05) is 19.8 Å². The van der Waals surface area contributed by atoms with Crippen LogP contribution in [0.15, 0.2) is 10.5 Å². The van der Waals surface area contributed by atoms with Gasteiger partial charge in [0.15, 0.2) is 0 Å². The van der Waals surface area contributed by atoms with Crippen molar-refractivity contribution in [2.75, 3.05) is 13.2 Å². The Bertz CT molecular complexity index is 367. The monoisotopic (exact) mass is 265 g/mol. The number of furan rings is 1. The molecule has 0 amide bonds. The smallest absolute Gasteiger partial charge is 0.118 e. The van der Waals surface area contributed by atoms with E-state index in [-0.39, 0.29) is 0 Å². The maximum absolute atomic E-state index is 5.84. The molecule has 1 aliphatic rings. The van der Waals surface area contributed by atoms with Gasteiger partial charge in [0.25, 0.3) is 0 Å². The third kappa shape index (κ3) is 4.66. The predicted molar refractivity (Wildman–Crippen MR) is 77.1 cm³/mol. The molecule has 0 aliphatic heterocycles. The van der Waals surface area contributed by atoms with Gasteiger partial charge < -0.3 is 14.5 Å². The Labute approximate surface area is 116 Å². The van der Waals surface area contributed by atoms with Gasteiger partial charge in [-0.15, -0.1) is 0 Å². The highest BCUT2D eigenvalue weighted by Crippen LogP contribution is 2.25. The topological polar surface area (TPSA) is 34.4 Å². The summed E-state index contributed by atoms with van der Waals surface area (Å²) >= 11 is 0. The molecule has 0 unspecified atom stereocenters. The Morgan fingerprint density at radius 1 is 1.37 bits per heavy atom. The fraction of sp³-hybridized carbons (Fsp3) is 0.750. The van der Waals surface area contributed by atoms with Crippen LogP contribution in [-0.2, 0) is 17.9 Å². The number of hydrogen-bond acceptors (Lipinski definition) is 3. The lowest BCUT2D eigenvalue weighted by Gasteiger charge is -2.08. The molecule has 108 valence electrons. The second kappa shape index (κ2) is 7.71. The zero-order valence-corrected chi connectivity index (χ0v) is 12.3. The summed E-state index contributed by atoms with van der Waals surface area (Å²) in [7, 11) is 0. The maximum Gasteiger partial charge on any atom is 0.118 e. The molecule has 3 nitrogen and oxygen atoms in total. The number of ether oxygens (including phenoxy) is 1. The first-order chi connectivity index (χ1) is 9.29. The second-order valence-electron chi connectivity index (χ2n) is 5.64. The van der Waals surface area contributed by atoms with Crippen LogP contribution < -0.4 is 5.32 Å². The molecule has 0 spiro atoms. The normalized spacial score (nSPS) is 16.3. The first-order valence-electron chi connectivity index (χ1n) is 7.66. The van der Waals surface area contributed by atoms with Crippen molar-refractivity contribution in [3.05, 3.63) is 23.2 Å². The van der Waals surface area contributed by atoms with Gasteiger partial charge in [0.05, 0.1) is 13.2 Å². The van der Waals surface area contributed by atoms with Crippen molar-refractivity contribution in [2.45, 2.75) is 59.1 Å². The molecule has 1 fully saturated rings. The molecule has 0 saturated heterocycles. The molecule has 1 N–H and O–H groups in total. The Balaban J connectivity index is 1.72. The van der Waals surface area contributed by atoms with E-state index in [1.807, 2.05) is 6.92 Å². The molecule has 1 aromatic rings. The third-order valence-corrected chi connectivity index (χ3v) is 3.88. The van der Waals surface area contributed by atoms with E-state index in [1.54, 1.807) is 0 Å². The van der Waals surface area contributed by atoms with Gasteiger partial charge in [-0.2, -0.15) is 0 Å². The van der Waals surface area contributed by atoms with Crippen LogP contribution in [0.4, 0.5) is 0 Å². The fourth-order valence-corrected chi connectivity index (χ4v) is 2.72. The van der Waals surface area contributed by atoms with E-state index in [4.69, 9.17) is 9.15 Å². The Hall–Kier alpha value is -0.800. The fourth-order valence-electron chi connectivity index (χ4n) is 2.72. The molecule has 1 saturated carbocycles. The highest BCUT2D eigenvalue weighted by atomic mass is 16.5. The van der Waals surface area contributed by atoms with Gasteiger partial charge in [0.2, 0.25) is 0 Å². The van der Waals surface area contributed by atoms with Gasteiger partial charge in [-0.3, -0.25) is 0 Å². The summed E-state index contributed by atoms with van der Waals surface area (Å²) in [6.45, 7) is 7.65. The average molecular weight is 265 g/mol. The summed E-state index contributed by atoms with van der Waals surface area (Å²) in [5.41, 5.74) is 1.20. The van der Waals surface area contributed by atoms with Crippen LogP contribution in [0.25, 0.3) is 0 Å². The minimum absolute atomic E-state index is 0.694. The van der Waals surface area contributed by atoms with Crippen LogP contribution in [0.1, 0.15) is 56.1 Å². The summed E-state index contributed by atoms with van der Waals surface area (Å²) in [4.78, 5) is 0. The predicted octanol–water partition coefficient (Wildman–Crippen LogP) is 3.79. The zero-order chi connectivity index (χ0) is 13.5. The van der Waals surface area contributed by atoms with Crippen molar-refractivity contribution in [3.8, 4) is 0 Å². The van der Waals surface area contributed by atoms with Gasteiger partial charge in [-0.25, -0.2) is 0 Å². The van der Waals surface area contributed by atoms with Crippen LogP contribution in [0.3, 0.4) is 0 Å². The van der Waals surface area contributed by atoms with Crippen molar-refractivity contribution >= 4 is 0 Å². The number of aryl methyl sites for hydroxylation is 1. The molecule has 1 aromatic heterocycles. The lowest BCUT2D eigenvalue weighted by Crippen LogP contribution is -2.13. The lowest BCUT2D eigenvalue weighted by atomic mass is 10.1.